The lowest BCUT2D eigenvalue weighted by atomic mass is 10.0. The molecule has 0 spiro atoms. The fraction of sp³-hybridized carbons (Fsp3) is 0.600. The van der Waals surface area contributed by atoms with E-state index in [4.69, 9.17) is 9.47 Å². The van der Waals surface area contributed by atoms with Crippen molar-refractivity contribution in [2.24, 2.45) is 5.92 Å². The van der Waals surface area contributed by atoms with Crippen LogP contribution >= 0.6 is 0 Å². The summed E-state index contributed by atoms with van der Waals surface area (Å²) >= 11 is 0. The smallest absolute Gasteiger partial charge is 0.123 e. The van der Waals surface area contributed by atoms with Crippen LogP contribution in [0.2, 0.25) is 0 Å². The molecule has 3 heteroatoms. The summed E-state index contributed by atoms with van der Waals surface area (Å²) in [6, 6.07) is 7.48. The maximum atomic E-state index is 9.94. The molecule has 1 aliphatic rings. The average molecular weight is 250 g/mol. The lowest BCUT2D eigenvalue weighted by molar-refractivity contribution is 0.0854. The summed E-state index contributed by atoms with van der Waals surface area (Å²) in [5.41, 5.74) is 0. The molecular formula is C15H22O3. The van der Waals surface area contributed by atoms with E-state index in [1.54, 1.807) is 7.11 Å². The van der Waals surface area contributed by atoms with E-state index in [9.17, 15) is 5.11 Å². The molecule has 0 aliphatic heterocycles. The fourth-order valence-electron chi connectivity index (χ4n) is 2.58. The van der Waals surface area contributed by atoms with Crippen LogP contribution in [0.3, 0.4) is 0 Å². The summed E-state index contributed by atoms with van der Waals surface area (Å²) in [5.74, 6) is 2.21. The Morgan fingerprint density at radius 2 is 2.00 bits per heavy atom. The molecule has 1 N–H and O–H groups in total. The second-order valence-corrected chi connectivity index (χ2v) is 5.03. The zero-order valence-corrected chi connectivity index (χ0v) is 11.0. The lowest BCUT2D eigenvalue weighted by Gasteiger charge is -2.16. The molecule has 0 heterocycles. The van der Waals surface area contributed by atoms with Crippen LogP contribution < -0.4 is 9.47 Å². The van der Waals surface area contributed by atoms with E-state index < -0.39 is 0 Å². The number of benzene rings is 1. The summed E-state index contributed by atoms with van der Waals surface area (Å²) in [6.45, 7) is 0.365. The van der Waals surface area contributed by atoms with Crippen molar-refractivity contribution in [3.63, 3.8) is 0 Å². The zero-order valence-electron chi connectivity index (χ0n) is 11.0. The molecule has 18 heavy (non-hydrogen) atoms. The van der Waals surface area contributed by atoms with Gasteiger partial charge in [0, 0.05) is 6.07 Å². The third-order valence-corrected chi connectivity index (χ3v) is 3.56. The Balaban J connectivity index is 1.75. The highest BCUT2D eigenvalue weighted by Gasteiger charge is 2.19. The Hall–Kier alpha value is -1.22. The number of aliphatic hydroxyl groups excluding tert-OH is 1. The van der Waals surface area contributed by atoms with Crippen molar-refractivity contribution in [2.45, 2.75) is 38.2 Å². The molecule has 1 atom stereocenters. The van der Waals surface area contributed by atoms with Gasteiger partial charge in [-0.1, -0.05) is 31.7 Å². The summed E-state index contributed by atoms with van der Waals surface area (Å²) in [5, 5.41) is 9.94. The van der Waals surface area contributed by atoms with Crippen molar-refractivity contribution in [3.8, 4) is 11.5 Å². The van der Waals surface area contributed by atoms with Crippen LogP contribution in [-0.4, -0.2) is 24.9 Å². The van der Waals surface area contributed by atoms with Crippen LogP contribution in [0, 0.1) is 5.92 Å². The van der Waals surface area contributed by atoms with Crippen molar-refractivity contribution in [1.29, 1.82) is 0 Å². The van der Waals surface area contributed by atoms with E-state index in [0.29, 0.717) is 12.5 Å². The van der Waals surface area contributed by atoms with Crippen molar-refractivity contribution in [2.75, 3.05) is 13.7 Å². The highest BCUT2D eigenvalue weighted by Crippen LogP contribution is 2.28. The van der Waals surface area contributed by atoms with E-state index in [0.717, 1.165) is 17.9 Å². The van der Waals surface area contributed by atoms with E-state index in [-0.39, 0.29) is 6.10 Å². The fourth-order valence-corrected chi connectivity index (χ4v) is 2.58. The molecule has 1 saturated carbocycles. The Kier molecular flexibility index (Phi) is 4.88. The highest BCUT2D eigenvalue weighted by atomic mass is 16.5. The number of rotatable bonds is 6. The molecular weight excluding hydrogens is 228 g/mol. The Morgan fingerprint density at radius 1 is 1.28 bits per heavy atom. The first-order valence-corrected chi connectivity index (χ1v) is 6.73. The van der Waals surface area contributed by atoms with Crippen LogP contribution in [0.4, 0.5) is 0 Å². The van der Waals surface area contributed by atoms with Crippen molar-refractivity contribution >= 4 is 0 Å². The van der Waals surface area contributed by atoms with Gasteiger partial charge in [-0.05, 0) is 24.5 Å². The number of aliphatic hydroxyl groups is 1. The maximum absolute atomic E-state index is 9.94. The van der Waals surface area contributed by atoms with E-state index in [1.165, 1.54) is 25.7 Å². The van der Waals surface area contributed by atoms with Gasteiger partial charge in [-0.2, -0.15) is 0 Å². The standard InChI is InChI=1S/C15H22O3/c1-17-14-7-4-8-15(10-14)18-11-13(16)9-12-5-2-3-6-12/h4,7-8,10,12-13,16H,2-3,5-6,9,11H2,1H3. The van der Waals surface area contributed by atoms with E-state index >= 15 is 0 Å². The summed E-state index contributed by atoms with van der Waals surface area (Å²) in [4.78, 5) is 0. The monoisotopic (exact) mass is 250 g/mol. The van der Waals surface area contributed by atoms with Crippen molar-refractivity contribution in [1.82, 2.24) is 0 Å². The third-order valence-electron chi connectivity index (χ3n) is 3.56. The minimum atomic E-state index is -0.362. The molecule has 3 nitrogen and oxygen atoms in total. The first kappa shape index (κ1) is 13.2. The van der Waals surface area contributed by atoms with Crippen LogP contribution in [-0.2, 0) is 0 Å². The minimum Gasteiger partial charge on any atom is -0.497 e. The van der Waals surface area contributed by atoms with Gasteiger partial charge in [0.1, 0.15) is 18.1 Å². The van der Waals surface area contributed by atoms with E-state index in [2.05, 4.69) is 0 Å². The van der Waals surface area contributed by atoms with Crippen LogP contribution in [0.1, 0.15) is 32.1 Å². The molecule has 0 amide bonds. The van der Waals surface area contributed by atoms with Crippen LogP contribution in [0.25, 0.3) is 0 Å². The van der Waals surface area contributed by atoms with Crippen LogP contribution in [0.5, 0.6) is 11.5 Å². The Morgan fingerprint density at radius 3 is 2.72 bits per heavy atom. The molecule has 2 rings (SSSR count). The normalized spacial score (nSPS) is 17.7. The highest BCUT2D eigenvalue weighted by molar-refractivity contribution is 5.32. The van der Waals surface area contributed by atoms with Crippen molar-refractivity contribution < 1.29 is 14.6 Å². The van der Waals surface area contributed by atoms with E-state index in [1.807, 2.05) is 24.3 Å². The van der Waals surface area contributed by atoms with Gasteiger partial charge in [-0.3, -0.25) is 0 Å². The molecule has 100 valence electrons. The maximum Gasteiger partial charge on any atom is 0.123 e. The first-order valence-electron chi connectivity index (χ1n) is 6.73. The topological polar surface area (TPSA) is 38.7 Å². The Labute approximate surface area is 109 Å². The predicted molar refractivity (Wildman–Crippen MR) is 71.1 cm³/mol. The van der Waals surface area contributed by atoms with Gasteiger partial charge >= 0.3 is 0 Å². The van der Waals surface area contributed by atoms with Gasteiger partial charge in [0.2, 0.25) is 0 Å². The van der Waals surface area contributed by atoms with Gasteiger partial charge in [0.05, 0.1) is 13.2 Å². The number of ether oxygens (including phenoxy) is 2. The lowest BCUT2D eigenvalue weighted by Crippen LogP contribution is -2.20. The second-order valence-electron chi connectivity index (χ2n) is 5.03. The van der Waals surface area contributed by atoms with Gasteiger partial charge < -0.3 is 14.6 Å². The molecule has 0 bridgehead atoms. The molecule has 0 radical (unpaired) electrons. The molecule has 1 unspecified atom stereocenters. The largest absolute Gasteiger partial charge is 0.497 e. The zero-order chi connectivity index (χ0) is 12.8. The molecule has 0 saturated heterocycles. The van der Waals surface area contributed by atoms with Gasteiger partial charge in [0.25, 0.3) is 0 Å². The first-order chi connectivity index (χ1) is 8.78. The summed E-state index contributed by atoms with van der Waals surface area (Å²) < 4.78 is 10.7. The summed E-state index contributed by atoms with van der Waals surface area (Å²) in [6.07, 6.45) is 5.65. The van der Waals surface area contributed by atoms with Crippen LogP contribution in [0.15, 0.2) is 24.3 Å². The number of hydrogen-bond donors (Lipinski definition) is 1. The van der Waals surface area contributed by atoms with Crippen molar-refractivity contribution in [3.05, 3.63) is 24.3 Å². The quantitative estimate of drug-likeness (QED) is 0.843. The Bertz CT molecular complexity index is 359. The molecule has 1 aromatic rings. The van der Waals surface area contributed by atoms with Gasteiger partial charge in [-0.15, -0.1) is 0 Å². The number of methoxy groups -OCH3 is 1. The molecule has 1 fully saturated rings. The molecule has 1 aromatic carbocycles. The average Bonchev–Trinajstić information content (AvgIpc) is 2.89. The second kappa shape index (κ2) is 6.64. The SMILES string of the molecule is COc1cccc(OCC(O)CC2CCCC2)c1. The van der Waals surface area contributed by atoms with Gasteiger partial charge in [0.15, 0.2) is 0 Å². The minimum absolute atomic E-state index is 0.362. The summed E-state index contributed by atoms with van der Waals surface area (Å²) in [7, 11) is 1.63. The predicted octanol–water partition coefficient (Wildman–Crippen LogP) is 3.02. The number of hydrogen-bond acceptors (Lipinski definition) is 3. The van der Waals surface area contributed by atoms with Gasteiger partial charge in [-0.25, -0.2) is 0 Å². The molecule has 0 aromatic heterocycles. The third kappa shape index (κ3) is 3.91. The molecule has 1 aliphatic carbocycles.